The van der Waals surface area contributed by atoms with Crippen LogP contribution in [0.2, 0.25) is 0 Å². The number of aliphatic hydroxyl groups is 2. The molecule has 0 aromatic carbocycles. The predicted molar refractivity (Wildman–Crippen MR) is 43.6 cm³/mol. The number of hydrogen-bond acceptors (Lipinski definition) is 6. The highest BCUT2D eigenvalue weighted by atomic mass is 32.1. The summed E-state index contributed by atoms with van der Waals surface area (Å²) in [6, 6.07) is 0. The second-order valence-corrected chi connectivity index (χ2v) is 2.50. The zero-order valence-corrected chi connectivity index (χ0v) is 7.37. The number of carbonyl (C=O) groups is 1. The normalized spacial score (nSPS) is 12.6. The molecule has 0 saturated carbocycles. The highest BCUT2D eigenvalue weighted by Gasteiger charge is 2.05. The molecule has 0 radical (unpaired) electrons. The zero-order valence-electron chi connectivity index (χ0n) is 6.47. The van der Waals surface area contributed by atoms with E-state index in [4.69, 9.17) is 10.2 Å². The first-order valence-electron chi connectivity index (χ1n) is 3.42. The lowest BCUT2D eigenvalue weighted by Gasteiger charge is -2.05. The lowest BCUT2D eigenvalue weighted by Crippen LogP contribution is -2.20. The molecular weight excluding hydrogens is 184 g/mol. The Bertz CT molecular complexity index is 129. The van der Waals surface area contributed by atoms with Crippen molar-refractivity contribution in [2.24, 2.45) is 0 Å². The van der Waals surface area contributed by atoms with Crippen LogP contribution in [0.25, 0.3) is 0 Å². The van der Waals surface area contributed by atoms with E-state index >= 15 is 0 Å². The minimum Gasteiger partial charge on any atom is -0.394 e. The summed E-state index contributed by atoms with van der Waals surface area (Å²) < 4.78 is 0. The lowest BCUT2D eigenvalue weighted by molar-refractivity contribution is -0.282. The Hall–Kier alpha value is -0.300. The first-order chi connectivity index (χ1) is 5.70. The van der Waals surface area contributed by atoms with E-state index in [1.807, 2.05) is 0 Å². The third-order valence-electron chi connectivity index (χ3n) is 0.939. The van der Waals surface area contributed by atoms with Gasteiger partial charge in [0.2, 0.25) is 0 Å². The van der Waals surface area contributed by atoms with Gasteiger partial charge in [-0.1, -0.05) is 0 Å². The van der Waals surface area contributed by atoms with Crippen LogP contribution in [0.15, 0.2) is 0 Å². The summed E-state index contributed by atoms with van der Waals surface area (Å²) in [4.78, 5) is 19.1. The van der Waals surface area contributed by atoms with Gasteiger partial charge in [0.1, 0.15) is 12.7 Å². The Morgan fingerprint density at radius 2 is 2.25 bits per heavy atom. The van der Waals surface area contributed by atoms with Gasteiger partial charge in [-0.15, -0.1) is 0 Å². The van der Waals surface area contributed by atoms with Gasteiger partial charge >= 0.3 is 5.97 Å². The SMILES string of the molecule is O=C(CCS)OOCC(O)CO. The van der Waals surface area contributed by atoms with Gasteiger partial charge in [0.15, 0.2) is 0 Å². The van der Waals surface area contributed by atoms with Crippen molar-refractivity contribution in [2.45, 2.75) is 12.5 Å². The van der Waals surface area contributed by atoms with E-state index in [2.05, 4.69) is 22.4 Å². The van der Waals surface area contributed by atoms with E-state index in [0.29, 0.717) is 5.75 Å². The molecule has 6 heteroatoms. The monoisotopic (exact) mass is 196 g/mol. The van der Waals surface area contributed by atoms with E-state index in [1.54, 1.807) is 0 Å². The van der Waals surface area contributed by atoms with Crippen molar-refractivity contribution in [1.29, 1.82) is 0 Å². The van der Waals surface area contributed by atoms with Gasteiger partial charge < -0.3 is 10.2 Å². The van der Waals surface area contributed by atoms with Crippen LogP contribution in [0.5, 0.6) is 0 Å². The molecule has 0 aliphatic heterocycles. The first kappa shape index (κ1) is 11.7. The molecule has 0 bridgehead atoms. The van der Waals surface area contributed by atoms with Crippen LogP contribution in [0.4, 0.5) is 0 Å². The van der Waals surface area contributed by atoms with Crippen LogP contribution < -0.4 is 0 Å². The van der Waals surface area contributed by atoms with Crippen molar-refractivity contribution < 1.29 is 24.8 Å². The van der Waals surface area contributed by atoms with Gasteiger partial charge in [-0.25, -0.2) is 4.79 Å². The average Bonchev–Trinajstić information content (AvgIpc) is 2.04. The molecule has 0 aromatic rings. The summed E-state index contributed by atoms with van der Waals surface area (Å²) in [6.45, 7) is -0.654. The number of thiol groups is 1. The van der Waals surface area contributed by atoms with Crippen molar-refractivity contribution >= 4 is 18.6 Å². The van der Waals surface area contributed by atoms with Gasteiger partial charge in [0.25, 0.3) is 0 Å². The van der Waals surface area contributed by atoms with Gasteiger partial charge in [-0.05, 0) is 0 Å². The van der Waals surface area contributed by atoms with Crippen LogP contribution in [0.1, 0.15) is 6.42 Å². The van der Waals surface area contributed by atoms with Crippen molar-refractivity contribution in [3.05, 3.63) is 0 Å². The highest BCUT2D eigenvalue weighted by Crippen LogP contribution is 1.91. The van der Waals surface area contributed by atoms with Crippen molar-refractivity contribution in [3.63, 3.8) is 0 Å². The van der Waals surface area contributed by atoms with Crippen molar-refractivity contribution in [2.75, 3.05) is 19.0 Å². The Kier molecular flexibility index (Phi) is 7.17. The first-order valence-corrected chi connectivity index (χ1v) is 4.06. The Balaban J connectivity index is 3.24. The number of aliphatic hydroxyl groups excluding tert-OH is 2. The number of rotatable bonds is 6. The highest BCUT2D eigenvalue weighted by molar-refractivity contribution is 7.80. The summed E-state index contributed by atoms with van der Waals surface area (Å²) >= 11 is 3.80. The third-order valence-corrected chi connectivity index (χ3v) is 1.16. The molecule has 0 aliphatic rings. The lowest BCUT2D eigenvalue weighted by atomic mass is 10.4. The summed E-state index contributed by atoms with van der Waals surface area (Å²) in [6.07, 6.45) is -0.869. The van der Waals surface area contributed by atoms with Gasteiger partial charge in [0, 0.05) is 5.75 Å². The van der Waals surface area contributed by atoms with Gasteiger partial charge in [-0.3, -0.25) is 4.89 Å². The van der Waals surface area contributed by atoms with E-state index in [9.17, 15) is 4.79 Å². The van der Waals surface area contributed by atoms with E-state index in [1.165, 1.54) is 0 Å². The van der Waals surface area contributed by atoms with Crippen LogP contribution in [0.3, 0.4) is 0 Å². The Morgan fingerprint density at radius 1 is 1.58 bits per heavy atom. The molecule has 0 aromatic heterocycles. The Morgan fingerprint density at radius 3 is 2.75 bits per heavy atom. The molecule has 12 heavy (non-hydrogen) atoms. The molecule has 0 rings (SSSR count). The molecule has 5 nitrogen and oxygen atoms in total. The molecule has 0 fully saturated rings. The van der Waals surface area contributed by atoms with Gasteiger partial charge in [0.05, 0.1) is 13.0 Å². The van der Waals surface area contributed by atoms with Crippen LogP contribution >= 0.6 is 12.6 Å². The molecule has 72 valence electrons. The summed E-state index contributed by atoms with van der Waals surface area (Å²) in [5, 5.41) is 17.0. The summed E-state index contributed by atoms with van der Waals surface area (Å²) in [5.74, 6) is -0.166. The third kappa shape index (κ3) is 6.41. The minimum absolute atomic E-state index is 0.151. The topological polar surface area (TPSA) is 76.0 Å². The maximum atomic E-state index is 10.6. The van der Waals surface area contributed by atoms with Crippen molar-refractivity contribution in [3.8, 4) is 0 Å². The maximum absolute atomic E-state index is 10.6. The fourth-order valence-corrected chi connectivity index (χ4v) is 0.547. The smallest absolute Gasteiger partial charge is 0.343 e. The molecule has 0 amide bonds. The predicted octanol–water partition coefficient (Wildman–Crippen LogP) is -0.866. The van der Waals surface area contributed by atoms with Crippen LogP contribution in [-0.2, 0) is 14.6 Å². The van der Waals surface area contributed by atoms with Crippen LogP contribution in [-0.4, -0.2) is 41.3 Å². The summed E-state index contributed by atoms with van der Waals surface area (Å²) in [5.41, 5.74) is 0. The molecule has 1 atom stereocenters. The molecule has 0 heterocycles. The van der Waals surface area contributed by atoms with Gasteiger partial charge in [-0.2, -0.15) is 17.5 Å². The maximum Gasteiger partial charge on any atom is 0.343 e. The molecule has 0 saturated heterocycles. The Labute approximate surface area is 75.6 Å². The van der Waals surface area contributed by atoms with E-state index in [-0.39, 0.29) is 13.0 Å². The molecule has 1 unspecified atom stereocenters. The fraction of sp³-hybridized carbons (Fsp3) is 0.833. The standard InChI is InChI=1S/C6H12O5S/c7-3-5(8)4-10-11-6(9)1-2-12/h5,7-8,12H,1-4H2. The molecule has 2 N–H and O–H groups in total. The minimum atomic E-state index is -1.02. The zero-order chi connectivity index (χ0) is 9.40. The largest absolute Gasteiger partial charge is 0.394 e. The van der Waals surface area contributed by atoms with Crippen LogP contribution in [0, 0.1) is 0 Å². The quantitative estimate of drug-likeness (QED) is 0.292. The second kappa shape index (κ2) is 7.35. The van der Waals surface area contributed by atoms with Crippen molar-refractivity contribution in [1.82, 2.24) is 0 Å². The summed E-state index contributed by atoms with van der Waals surface area (Å²) in [7, 11) is 0. The fourth-order valence-electron chi connectivity index (χ4n) is 0.364. The number of carbonyl (C=O) groups excluding carboxylic acids is 1. The van der Waals surface area contributed by atoms with E-state index in [0.717, 1.165) is 0 Å². The molecule has 0 spiro atoms. The number of hydrogen-bond donors (Lipinski definition) is 3. The van der Waals surface area contributed by atoms with E-state index < -0.39 is 18.7 Å². The average molecular weight is 196 g/mol. The molecule has 0 aliphatic carbocycles. The second-order valence-electron chi connectivity index (χ2n) is 2.05. The molecular formula is C6H12O5S.